The van der Waals surface area contributed by atoms with Gasteiger partial charge in [-0.05, 0) is 36.6 Å². The van der Waals surface area contributed by atoms with Crippen LogP contribution in [0.4, 0.5) is 0 Å². The molecule has 0 saturated carbocycles. The van der Waals surface area contributed by atoms with E-state index in [0.717, 1.165) is 37.6 Å². The van der Waals surface area contributed by atoms with Crippen LogP contribution in [0.5, 0.6) is 11.5 Å². The molecular formula is C17H24N2O2. The van der Waals surface area contributed by atoms with Crippen molar-refractivity contribution < 1.29 is 9.47 Å². The molecule has 1 atom stereocenters. The van der Waals surface area contributed by atoms with Gasteiger partial charge in [0.25, 0.3) is 0 Å². The number of terminal acetylenes is 1. The summed E-state index contributed by atoms with van der Waals surface area (Å²) in [6, 6.07) is 4.66. The molecule has 114 valence electrons. The van der Waals surface area contributed by atoms with Crippen LogP contribution >= 0.6 is 0 Å². The summed E-state index contributed by atoms with van der Waals surface area (Å²) < 4.78 is 10.8. The van der Waals surface area contributed by atoms with Crippen LogP contribution in [-0.4, -0.2) is 44.8 Å². The Morgan fingerprint density at radius 3 is 2.57 bits per heavy atom. The lowest BCUT2D eigenvalue weighted by Gasteiger charge is -2.34. The Bertz CT molecular complexity index is 522. The van der Waals surface area contributed by atoms with Crippen molar-refractivity contribution in [3.8, 4) is 23.8 Å². The lowest BCUT2D eigenvalue weighted by Crippen LogP contribution is -2.43. The molecular weight excluding hydrogens is 264 g/mol. The van der Waals surface area contributed by atoms with Crippen LogP contribution in [0.15, 0.2) is 12.1 Å². The van der Waals surface area contributed by atoms with Crippen LogP contribution in [0.3, 0.4) is 0 Å². The van der Waals surface area contributed by atoms with E-state index in [9.17, 15) is 0 Å². The van der Waals surface area contributed by atoms with Crippen LogP contribution in [0, 0.1) is 12.3 Å². The van der Waals surface area contributed by atoms with Gasteiger partial charge in [-0.1, -0.05) is 5.92 Å². The zero-order valence-corrected chi connectivity index (χ0v) is 13.1. The number of fused-ring (bicyclic) bond motifs is 1. The fourth-order valence-corrected chi connectivity index (χ4v) is 2.76. The molecule has 0 radical (unpaired) electrons. The third-order valence-electron chi connectivity index (χ3n) is 4.04. The molecule has 4 nitrogen and oxygen atoms in total. The first kappa shape index (κ1) is 15.7. The van der Waals surface area contributed by atoms with Crippen molar-refractivity contribution in [1.29, 1.82) is 0 Å². The van der Waals surface area contributed by atoms with Crippen molar-refractivity contribution in [2.45, 2.75) is 25.9 Å². The van der Waals surface area contributed by atoms with Crippen molar-refractivity contribution in [2.75, 3.05) is 33.9 Å². The Labute approximate surface area is 127 Å². The Kier molecular flexibility index (Phi) is 5.49. The maximum atomic E-state index is 5.40. The summed E-state index contributed by atoms with van der Waals surface area (Å²) >= 11 is 0. The third kappa shape index (κ3) is 3.69. The number of benzene rings is 1. The van der Waals surface area contributed by atoms with Gasteiger partial charge in [0.05, 0.1) is 20.8 Å². The van der Waals surface area contributed by atoms with Gasteiger partial charge in [0.2, 0.25) is 0 Å². The Hall–Kier alpha value is -1.70. The van der Waals surface area contributed by atoms with Crippen LogP contribution in [0.2, 0.25) is 0 Å². The summed E-state index contributed by atoms with van der Waals surface area (Å²) in [4.78, 5) is 2.47. The number of rotatable bonds is 6. The monoisotopic (exact) mass is 288 g/mol. The molecule has 0 aromatic heterocycles. The second-order valence-electron chi connectivity index (χ2n) is 5.38. The molecule has 1 unspecified atom stereocenters. The fraction of sp³-hybridized carbons (Fsp3) is 0.529. The summed E-state index contributed by atoms with van der Waals surface area (Å²) in [6.07, 6.45) is 6.30. The van der Waals surface area contributed by atoms with Gasteiger partial charge in [0, 0.05) is 25.7 Å². The smallest absolute Gasteiger partial charge is 0.161 e. The van der Waals surface area contributed by atoms with Crippen LogP contribution in [0.25, 0.3) is 0 Å². The second kappa shape index (κ2) is 7.35. The third-order valence-corrected chi connectivity index (χ3v) is 4.04. The fourth-order valence-electron chi connectivity index (χ4n) is 2.76. The molecule has 0 saturated heterocycles. The van der Waals surface area contributed by atoms with Crippen LogP contribution < -0.4 is 14.8 Å². The molecule has 1 aliphatic heterocycles. The summed E-state index contributed by atoms with van der Waals surface area (Å²) in [5.74, 6) is 4.22. The van der Waals surface area contributed by atoms with E-state index < -0.39 is 0 Å². The molecule has 0 bridgehead atoms. The zero-order valence-electron chi connectivity index (χ0n) is 13.1. The van der Waals surface area contributed by atoms with E-state index in [-0.39, 0.29) is 0 Å². The molecule has 0 fully saturated rings. The molecule has 2 rings (SSSR count). The molecule has 1 aliphatic rings. The number of hydrogen-bond acceptors (Lipinski definition) is 4. The number of nitrogens with one attached hydrogen (secondary N) is 1. The predicted molar refractivity (Wildman–Crippen MR) is 84.8 cm³/mol. The lowest BCUT2D eigenvalue weighted by atomic mass is 9.97. The Balaban J connectivity index is 2.07. The molecule has 1 heterocycles. The summed E-state index contributed by atoms with van der Waals surface area (Å²) in [5.41, 5.74) is 2.68. The normalized spacial score (nSPS) is 15.9. The Morgan fingerprint density at radius 2 is 1.95 bits per heavy atom. The lowest BCUT2D eigenvalue weighted by molar-refractivity contribution is 0.187. The minimum absolute atomic E-state index is 0.458. The maximum absolute atomic E-state index is 5.40. The highest BCUT2D eigenvalue weighted by atomic mass is 16.5. The number of ether oxygens (including phenoxy) is 2. The molecule has 1 aromatic rings. The highest BCUT2D eigenvalue weighted by Gasteiger charge is 2.22. The average Bonchev–Trinajstić information content (AvgIpc) is 2.52. The quantitative estimate of drug-likeness (QED) is 0.638. The minimum atomic E-state index is 0.458. The number of methoxy groups -OCH3 is 2. The highest BCUT2D eigenvalue weighted by Crippen LogP contribution is 2.33. The van der Waals surface area contributed by atoms with Gasteiger partial charge in [-0.15, -0.1) is 6.42 Å². The topological polar surface area (TPSA) is 33.7 Å². The average molecular weight is 288 g/mol. The van der Waals surface area contributed by atoms with Crippen LogP contribution in [0.1, 0.15) is 18.1 Å². The minimum Gasteiger partial charge on any atom is -0.493 e. The van der Waals surface area contributed by atoms with Gasteiger partial charge in [0.1, 0.15) is 0 Å². The standard InChI is InChI=1S/C17H24N2O2/c1-5-7-18-11-13(2)19-8-6-14-9-16(20-3)17(21-4)10-15(14)12-19/h1,9-10,13,18H,6-8,11-12H2,2-4H3. The first-order chi connectivity index (χ1) is 10.2. The predicted octanol–water partition coefficient (Wildman–Crippen LogP) is 1.67. The number of hydrogen-bond donors (Lipinski definition) is 1. The van der Waals surface area contributed by atoms with E-state index in [2.05, 4.69) is 35.2 Å². The van der Waals surface area contributed by atoms with Gasteiger partial charge < -0.3 is 14.8 Å². The largest absolute Gasteiger partial charge is 0.493 e. The van der Waals surface area contributed by atoms with E-state index in [4.69, 9.17) is 15.9 Å². The molecule has 4 heteroatoms. The van der Waals surface area contributed by atoms with Crippen molar-refractivity contribution in [2.24, 2.45) is 0 Å². The van der Waals surface area contributed by atoms with Crippen LogP contribution in [-0.2, 0) is 13.0 Å². The van der Waals surface area contributed by atoms with Gasteiger partial charge >= 0.3 is 0 Å². The highest BCUT2D eigenvalue weighted by molar-refractivity contribution is 5.48. The van der Waals surface area contributed by atoms with Gasteiger partial charge in [-0.25, -0.2) is 0 Å². The Morgan fingerprint density at radius 1 is 1.29 bits per heavy atom. The van der Waals surface area contributed by atoms with E-state index in [1.54, 1.807) is 14.2 Å². The first-order valence-electron chi connectivity index (χ1n) is 7.31. The molecule has 0 amide bonds. The molecule has 21 heavy (non-hydrogen) atoms. The van der Waals surface area contributed by atoms with E-state index in [1.165, 1.54) is 11.1 Å². The zero-order chi connectivity index (χ0) is 15.2. The van der Waals surface area contributed by atoms with E-state index in [1.807, 2.05) is 0 Å². The van der Waals surface area contributed by atoms with E-state index >= 15 is 0 Å². The van der Waals surface area contributed by atoms with Crippen molar-refractivity contribution in [1.82, 2.24) is 10.2 Å². The van der Waals surface area contributed by atoms with Gasteiger partial charge in [-0.3, -0.25) is 4.90 Å². The van der Waals surface area contributed by atoms with Gasteiger partial charge in [-0.2, -0.15) is 0 Å². The molecule has 0 aliphatic carbocycles. The molecule has 1 N–H and O–H groups in total. The maximum Gasteiger partial charge on any atom is 0.161 e. The van der Waals surface area contributed by atoms with Crippen molar-refractivity contribution >= 4 is 0 Å². The SMILES string of the molecule is C#CCNCC(C)N1CCc2cc(OC)c(OC)cc2C1. The van der Waals surface area contributed by atoms with E-state index in [0.29, 0.717) is 12.6 Å². The molecule has 1 aromatic carbocycles. The molecule has 0 spiro atoms. The second-order valence-corrected chi connectivity index (χ2v) is 5.38. The number of nitrogens with zero attached hydrogens (tertiary/aromatic N) is 1. The van der Waals surface area contributed by atoms with Gasteiger partial charge in [0.15, 0.2) is 11.5 Å². The summed E-state index contributed by atoms with van der Waals surface area (Å²) in [7, 11) is 3.36. The summed E-state index contributed by atoms with van der Waals surface area (Å²) in [6.45, 7) is 5.76. The summed E-state index contributed by atoms with van der Waals surface area (Å²) in [5, 5.41) is 3.27. The van der Waals surface area contributed by atoms with Crippen molar-refractivity contribution in [3.05, 3.63) is 23.3 Å². The van der Waals surface area contributed by atoms with Crippen molar-refractivity contribution in [3.63, 3.8) is 0 Å². The first-order valence-corrected chi connectivity index (χ1v) is 7.31.